The van der Waals surface area contributed by atoms with E-state index in [4.69, 9.17) is 14.3 Å². The Morgan fingerprint density at radius 1 is 0.875 bits per heavy atom. The van der Waals surface area contributed by atoms with Gasteiger partial charge in [-0.15, -0.1) is 0 Å². The molecule has 0 radical (unpaired) electrons. The number of hydrogen-bond acceptors (Lipinski definition) is 5. The number of hydroxylamine groups is 2. The second kappa shape index (κ2) is 20.9. The van der Waals surface area contributed by atoms with Crippen molar-refractivity contribution >= 4 is 27.6 Å². The number of rotatable bonds is 5. The third-order valence-electron chi connectivity index (χ3n) is 4.78. The number of amides is 1. The molecule has 0 unspecified atom stereocenters. The molecule has 1 amide bonds. The summed E-state index contributed by atoms with van der Waals surface area (Å²) in [5, 5.41) is 1.24. The number of carbonyl (C=O) groups excluding carboxylic acids is 2. The largest absolute Gasteiger partial charge is 1.00 e. The van der Waals surface area contributed by atoms with Crippen LogP contribution in [0, 0.1) is 29.4 Å². The molecule has 40 heavy (non-hydrogen) atoms. The molecule has 2 aromatic carbocycles. The zero-order valence-corrected chi connectivity index (χ0v) is 27.8. The molecule has 10 heteroatoms. The zero-order valence-electron chi connectivity index (χ0n) is 26.2. The Bertz CT molecular complexity index is 1020. The monoisotopic (exact) mass is 623 g/mol. The molecule has 0 bridgehead atoms. The number of halogens is 3. The Morgan fingerprint density at radius 3 is 1.57 bits per heavy atom. The average Bonchev–Trinajstić information content (AvgIpc) is 2.88. The first-order valence-corrected chi connectivity index (χ1v) is 13.2. The van der Waals surface area contributed by atoms with Crippen LogP contribution in [0.5, 0.6) is 11.5 Å². The zero-order chi connectivity index (χ0) is 31.0. The van der Waals surface area contributed by atoms with Crippen LogP contribution >= 0.6 is 15.9 Å². The predicted molar refractivity (Wildman–Crippen MR) is 157 cm³/mol. The molecule has 0 fully saturated rings. The number of carbonyl (C=O) groups is 2. The van der Waals surface area contributed by atoms with Crippen LogP contribution in [0.3, 0.4) is 0 Å². The van der Waals surface area contributed by atoms with E-state index in [-0.39, 0.29) is 47.3 Å². The van der Waals surface area contributed by atoms with E-state index in [1.54, 1.807) is 46.0 Å². The van der Waals surface area contributed by atoms with E-state index in [1.807, 2.05) is 20.8 Å². The molecule has 6 nitrogen and oxygen atoms in total. The van der Waals surface area contributed by atoms with Crippen LogP contribution in [0.15, 0.2) is 40.9 Å². The third kappa shape index (κ3) is 17.0. The van der Waals surface area contributed by atoms with E-state index < -0.39 is 11.2 Å². The topological polar surface area (TPSA) is 65.1 Å². The molecule has 0 aromatic heterocycles. The maximum Gasteiger partial charge on any atom is 1.00 e. The number of Topliss-reactive ketones (excluding diaryl/α,β-unsaturated/α-hetero) is 1. The van der Waals surface area contributed by atoms with Crippen LogP contribution in [0.1, 0.15) is 71.7 Å². The predicted octanol–water partition coefficient (Wildman–Crippen LogP) is 5.34. The summed E-state index contributed by atoms with van der Waals surface area (Å²) in [5.74, 6) is -0.120. The van der Waals surface area contributed by atoms with Crippen LogP contribution in [-0.4, -0.2) is 45.1 Å². The summed E-state index contributed by atoms with van der Waals surface area (Å²) in [6.45, 7) is 16.6. The summed E-state index contributed by atoms with van der Waals surface area (Å²) in [6.07, 6.45) is 2.28. The molecule has 0 aliphatic rings. The van der Waals surface area contributed by atoms with Gasteiger partial charge in [0, 0.05) is 30.0 Å². The van der Waals surface area contributed by atoms with Gasteiger partial charge in [0.15, 0.2) is 5.78 Å². The smallest absolute Gasteiger partial charge is 0.497 e. The van der Waals surface area contributed by atoms with Gasteiger partial charge in [0.2, 0.25) is 0 Å². The number of unbranched alkanes of at least 4 members (excludes halogenated alkanes) is 1. The van der Waals surface area contributed by atoms with Gasteiger partial charge in [0.05, 0.1) is 31.4 Å². The van der Waals surface area contributed by atoms with Crippen molar-refractivity contribution in [3.63, 3.8) is 0 Å². The van der Waals surface area contributed by atoms with Crippen molar-refractivity contribution in [2.24, 2.45) is 10.8 Å². The fourth-order valence-corrected chi connectivity index (χ4v) is 2.62. The van der Waals surface area contributed by atoms with Gasteiger partial charge < -0.3 is 16.4 Å². The van der Waals surface area contributed by atoms with Gasteiger partial charge in [0.1, 0.15) is 23.1 Å². The Balaban J connectivity index is -0.000000487. The second-order valence-electron chi connectivity index (χ2n) is 10.3. The Labute approximate surface area is 260 Å². The van der Waals surface area contributed by atoms with Crippen molar-refractivity contribution in [3.05, 3.63) is 65.0 Å². The molecular weight excluding hydrogens is 579 g/mol. The van der Waals surface area contributed by atoms with E-state index in [0.29, 0.717) is 16.0 Å². The minimum Gasteiger partial charge on any atom is -0.497 e. The van der Waals surface area contributed by atoms with Crippen LogP contribution in [0.25, 0.3) is 0 Å². The van der Waals surface area contributed by atoms with E-state index in [1.165, 1.54) is 51.0 Å². The van der Waals surface area contributed by atoms with E-state index >= 15 is 0 Å². The summed E-state index contributed by atoms with van der Waals surface area (Å²) >= 11 is 3.03. The quantitative estimate of drug-likeness (QED) is 0.195. The first-order chi connectivity index (χ1) is 17.9. The van der Waals surface area contributed by atoms with E-state index in [0.717, 1.165) is 6.42 Å². The first kappa shape index (κ1) is 42.5. The molecule has 0 aliphatic carbocycles. The molecule has 222 valence electrons. The Kier molecular flexibility index (Phi) is 22.2. The Hall–Kier alpha value is -1.92. The number of ketones is 1. The Morgan fingerprint density at radius 2 is 1.30 bits per heavy atom. The molecule has 0 saturated carbocycles. The average molecular weight is 625 g/mol. The third-order valence-corrected chi connectivity index (χ3v) is 5.43. The van der Waals surface area contributed by atoms with Crippen molar-refractivity contribution < 1.29 is 51.5 Å². The van der Waals surface area contributed by atoms with Crippen LogP contribution in [0.2, 0.25) is 0 Å². The molecule has 2 rings (SSSR count). The molecule has 0 atom stereocenters. The van der Waals surface area contributed by atoms with Gasteiger partial charge in [-0.3, -0.25) is 14.4 Å². The summed E-state index contributed by atoms with van der Waals surface area (Å²) in [6, 6.07) is 8.88. The molecule has 0 N–H and O–H groups in total. The van der Waals surface area contributed by atoms with Crippen molar-refractivity contribution in [2.75, 3.05) is 28.4 Å². The van der Waals surface area contributed by atoms with Gasteiger partial charge in [-0.25, -0.2) is 13.8 Å². The summed E-state index contributed by atoms with van der Waals surface area (Å²) < 4.78 is 36.3. The first-order valence-electron chi connectivity index (χ1n) is 12.4. The van der Waals surface area contributed by atoms with Crippen molar-refractivity contribution in [1.82, 2.24) is 5.06 Å². The van der Waals surface area contributed by atoms with Gasteiger partial charge in [0.25, 0.3) is 5.91 Å². The van der Waals surface area contributed by atoms with Gasteiger partial charge in [-0.2, -0.15) is 6.42 Å². The van der Waals surface area contributed by atoms with E-state index in [2.05, 4.69) is 29.8 Å². The van der Waals surface area contributed by atoms with Crippen molar-refractivity contribution in [1.29, 1.82) is 0 Å². The molecule has 0 saturated heterocycles. The molecule has 0 heterocycles. The molecule has 2 aromatic rings. The number of nitrogens with zero attached hydrogens (tertiary/aromatic N) is 1. The van der Waals surface area contributed by atoms with Crippen LogP contribution in [-0.2, 0) is 9.63 Å². The minimum absolute atomic E-state index is 0. The summed E-state index contributed by atoms with van der Waals surface area (Å²) in [7, 11) is 6.04. The minimum atomic E-state index is -0.574. The van der Waals surface area contributed by atoms with E-state index in [9.17, 15) is 18.4 Å². The molecular formula is C30H45BrF2LiNO5. The number of benzene rings is 2. The standard InChI is InChI=1S/C12H15FO2.C7H6BrFO.C7H15NO2.C4H9.Li/c1-12(2,3)11(14)9-6-5-8(15-4)7-10(9)13;1-10-5-2-3-6(8)7(9)4-5;1-7(2,3)6(9)8(4)10-5;1-3-4-2;/h5-7H,1-4H3;2-4H,1H3;1-5H3;1,3-4H2,2H3;/q;;;-1;+1. The summed E-state index contributed by atoms with van der Waals surface area (Å²) in [4.78, 5) is 27.7. The number of ether oxygens (including phenoxy) is 2. The summed E-state index contributed by atoms with van der Waals surface area (Å²) in [5.41, 5.74) is -0.816. The van der Waals surface area contributed by atoms with Crippen molar-refractivity contribution in [3.8, 4) is 11.5 Å². The second-order valence-corrected chi connectivity index (χ2v) is 11.1. The fourth-order valence-electron chi connectivity index (χ4n) is 2.37. The SMILES string of the molecule is CON(C)C(=O)C(C)(C)C.COc1ccc(Br)c(F)c1.COc1ccc(C(=O)C(C)(C)C)c(F)c1.[CH2-]CCC.[Li+]. The maximum absolute atomic E-state index is 13.5. The van der Waals surface area contributed by atoms with Crippen molar-refractivity contribution in [2.45, 2.75) is 61.3 Å². The normalized spacial score (nSPS) is 10.2. The van der Waals surface area contributed by atoms with Gasteiger partial charge in [-0.05, 0) is 40.2 Å². The number of hydrogen-bond donors (Lipinski definition) is 0. The fraction of sp³-hybridized carbons (Fsp3) is 0.500. The van der Waals surface area contributed by atoms with Gasteiger partial charge in [-0.1, -0.05) is 54.9 Å². The number of methoxy groups -OCH3 is 2. The molecule has 0 aliphatic heterocycles. The van der Waals surface area contributed by atoms with Gasteiger partial charge >= 0.3 is 18.9 Å². The van der Waals surface area contributed by atoms with Crippen LogP contribution < -0.4 is 28.3 Å². The maximum atomic E-state index is 13.5. The molecule has 0 spiro atoms. The van der Waals surface area contributed by atoms with Crippen LogP contribution in [0.4, 0.5) is 8.78 Å².